The average Bonchev–Trinajstić information content (AvgIpc) is 1.60. The number of carboxylic acids is 1. The van der Waals surface area contributed by atoms with Crippen LogP contribution in [0.4, 0.5) is 79.8 Å². The van der Waals surface area contributed by atoms with Crippen LogP contribution < -0.4 is 31.4 Å². The molecule has 1 N–H and O–H groups in total. The van der Waals surface area contributed by atoms with Crippen molar-refractivity contribution in [3.8, 4) is 23.0 Å². The van der Waals surface area contributed by atoms with Gasteiger partial charge in [0.05, 0.1) is 0 Å². The Morgan fingerprint density at radius 3 is 1.05 bits per heavy atom. The average molecular weight is 2430 g/mol. The van der Waals surface area contributed by atoms with Gasteiger partial charge in [-0.05, 0) is 65.7 Å². The second kappa shape index (κ2) is 48.2. The summed E-state index contributed by atoms with van der Waals surface area (Å²) in [6.45, 7) is 18.4. The van der Waals surface area contributed by atoms with Crippen molar-refractivity contribution in [3.05, 3.63) is 253 Å². The molecular weight excluding hydrogens is 2330 g/mol. The molecule has 3 heterocycles. The smallest absolute Gasteiger partial charge is 1.00 e. The van der Waals surface area contributed by atoms with Gasteiger partial charge in [-0.15, -0.1) is 12.4 Å². The van der Waals surface area contributed by atoms with Crippen LogP contribution in [0.1, 0.15) is 133 Å². The van der Waals surface area contributed by atoms with Gasteiger partial charge in [-0.2, -0.15) is 8.78 Å². The minimum absolute atomic E-state index is 0. The summed E-state index contributed by atoms with van der Waals surface area (Å²) in [5.41, 5.74) is -2.46. The molecule has 0 spiro atoms. The van der Waals surface area contributed by atoms with E-state index in [1.165, 1.54) is 175 Å². The quantitative estimate of drug-likeness (QED) is 0.0199. The third-order valence-corrected chi connectivity index (χ3v) is 39.2. The standard InChI is InChI=1S/2C23H24F4INO5.C18H16ClF4IO3.C16H23F4NO2Si.C8H7IO2.CH4.2ClH/c2*1-21(2,3)33-20(31)29(4)14-13-15-9-11-16(12-10-15)32-23(26,27)22(24,25)28-18-8-6-5-7-17(18)19(30)34-28;1-2-5-12-8-10-13(11-9-12)27-18(22,23)17(20,21)24(19)15-7-4-3-6-14(15)16(25)26;1-12(22)21(2)11-10-13-6-8-14(9-7-13)23-15(17,18)16(19,20)24(3,4)5;1-9-7-5-3-2-4-6(7)8(10)11-9;;;/h2*5-12H,13-14H2,1-4H3;3-4,6-11H,2,5H2,1H3,(H,25,26);6-9H,10-11H2,1-5H3;2-5H,1H3;1H4;2*1H/p-1. The van der Waals surface area contributed by atoms with Crippen molar-refractivity contribution < 1.29 is 159 Å². The minimum Gasteiger partial charge on any atom is -1.00 e. The number of rotatable bonds is 29. The van der Waals surface area contributed by atoms with E-state index in [0.29, 0.717) is 50.0 Å². The number of amides is 3. The van der Waals surface area contributed by atoms with Gasteiger partial charge in [-0.25, -0.2) is 8.78 Å². The van der Waals surface area contributed by atoms with Crippen molar-refractivity contribution in [2.24, 2.45) is 0 Å². The summed E-state index contributed by atoms with van der Waals surface area (Å²) >= 11 is -14.8. The maximum absolute atomic E-state index is 14.8. The van der Waals surface area contributed by atoms with Crippen molar-refractivity contribution in [3.63, 3.8) is 0 Å². The summed E-state index contributed by atoms with van der Waals surface area (Å²) < 4.78 is 259. The maximum atomic E-state index is 14.8. The molecule has 8 aromatic rings. The Balaban J connectivity index is 0.000000356. The molecule has 0 saturated heterocycles. The second-order valence-corrected chi connectivity index (χ2v) is 55.3. The predicted octanol–water partition coefficient (Wildman–Crippen LogP) is 23.0. The van der Waals surface area contributed by atoms with Gasteiger partial charge in [0.1, 0.15) is 25.0 Å². The third kappa shape index (κ3) is 31.1. The first-order valence-electron chi connectivity index (χ1n) is 39.0. The van der Waals surface area contributed by atoms with Crippen LogP contribution in [0.2, 0.25) is 19.6 Å². The minimum atomic E-state index is -4.89. The van der Waals surface area contributed by atoms with Crippen LogP contribution in [-0.4, -0.2) is 169 Å². The van der Waals surface area contributed by atoms with Crippen LogP contribution in [0.3, 0.4) is 0 Å². The number of carbonyl (C=O) groups excluding carboxylic acids is 6. The van der Waals surface area contributed by atoms with Crippen molar-refractivity contribution in [1.82, 2.24) is 14.7 Å². The van der Waals surface area contributed by atoms with Gasteiger partial charge in [0.15, 0.2) is 0 Å². The van der Waals surface area contributed by atoms with E-state index in [0.717, 1.165) is 69.5 Å². The van der Waals surface area contributed by atoms with Crippen LogP contribution in [-0.2, 0) is 49.2 Å². The summed E-state index contributed by atoms with van der Waals surface area (Å²) in [4.78, 5) is 87.3. The molecule has 11 rings (SSSR count). The summed E-state index contributed by atoms with van der Waals surface area (Å²) in [6, 6.07) is 44.2. The molecule has 3 amide bonds. The van der Waals surface area contributed by atoms with E-state index >= 15 is 0 Å². The fourth-order valence-electron chi connectivity index (χ4n) is 10.8. The summed E-state index contributed by atoms with van der Waals surface area (Å²) in [6.07, 6.45) is -17.4. The van der Waals surface area contributed by atoms with E-state index in [1.54, 1.807) is 62.7 Å². The fourth-order valence-corrected chi connectivity index (χ4v) is 27.0. The Labute approximate surface area is 806 Å². The number of hydrogen-bond acceptors (Lipinski definition) is 16. The molecule has 8 aromatic carbocycles. The van der Waals surface area contributed by atoms with E-state index in [1.807, 2.05) is 36.1 Å². The number of fused-ring (bicyclic) bond motifs is 3. The van der Waals surface area contributed by atoms with E-state index in [2.05, 4.69) is 18.9 Å². The zero-order valence-electron chi connectivity index (χ0n) is 73.2. The first-order chi connectivity index (χ1) is 60.1. The monoisotopic (exact) mass is 2430 g/mol. The number of benzene rings is 8. The number of aryl methyl sites for hydroxylation is 1. The number of hydrogen-bond donors (Lipinski definition) is 1. The molecule has 0 bridgehead atoms. The van der Waals surface area contributed by atoms with Crippen molar-refractivity contribution in [2.75, 3.05) is 45.7 Å². The molecule has 0 radical (unpaired) electrons. The number of likely N-dealkylation sites (N-methyl/N-ethyl adjacent to an activating group) is 3. The number of halogens is 23. The molecule has 20 nitrogen and oxygen atoms in total. The van der Waals surface area contributed by atoms with Gasteiger partial charge >= 0.3 is 600 Å². The zero-order valence-corrected chi connectivity index (χ0v) is 85.1. The molecule has 0 aliphatic carbocycles. The number of nitrogens with zero attached hydrogens (tertiary/aromatic N) is 3. The first-order valence-corrected chi connectivity index (χ1v) is 57.6. The Morgan fingerprint density at radius 2 is 0.729 bits per heavy atom. The normalized spacial score (nSPS) is 14.0. The van der Waals surface area contributed by atoms with Crippen LogP contribution in [0.15, 0.2) is 194 Å². The van der Waals surface area contributed by atoms with Crippen LogP contribution in [0, 0.1) is 14.3 Å². The molecule has 0 fully saturated rings. The Kier molecular flexibility index (Phi) is 42.4. The van der Waals surface area contributed by atoms with Crippen LogP contribution >= 0.6 is 101 Å². The van der Waals surface area contributed by atoms with Gasteiger partial charge in [-0.1, -0.05) is 39.2 Å². The van der Waals surface area contributed by atoms with E-state index in [-0.39, 0.29) is 68.1 Å². The van der Waals surface area contributed by atoms with Gasteiger partial charge in [0.2, 0.25) is 5.91 Å². The summed E-state index contributed by atoms with van der Waals surface area (Å²) in [5.74, 6) is -5.47. The molecule has 133 heavy (non-hydrogen) atoms. The van der Waals surface area contributed by atoms with Gasteiger partial charge < -0.3 is 22.0 Å². The SMILES string of the molecule is C.CC(=O)N(C)CCc1ccc(OC(F)(F)C(F)(F)[Si](C)(C)C)cc1.CCCc1ccc(OC(F)(F)C(F)(F)I(Cl)c2ccccc2C(=O)O)cc1.CI1OC(=O)c2ccccc21.CN(CCc1ccc(OC(F)(F)C(F)(F)I2OC(=O)c3ccccc32)cc1)C(=O)OC(C)(C)C.CN(CCc1ccc(OC(F)(F)C(F)(F)I2OC(=O)c3ccccc32)cc1)C(=O)OC(C)(C)C.Cl.[Cl-]. The Hall–Kier alpha value is -8.26. The molecule has 0 saturated carbocycles. The molecule has 3 aliphatic rings. The predicted molar refractivity (Wildman–Crippen MR) is 503 cm³/mol. The number of aromatic carboxylic acids is 1. The summed E-state index contributed by atoms with van der Waals surface area (Å²) in [7, 11) is 7.06. The van der Waals surface area contributed by atoms with Gasteiger partial charge in [-0.3, -0.25) is 4.79 Å². The molecule has 0 atom stereocenters. The molecule has 0 aromatic heterocycles. The number of alkyl halides is 20. The van der Waals surface area contributed by atoms with Crippen LogP contribution in [0.25, 0.3) is 0 Å². The number of carboxylic acid groups (broad SMARTS) is 1. The third-order valence-electron chi connectivity index (χ3n) is 18.0. The van der Waals surface area contributed by atoms with Crippen LogP contribution in [0.5, 0.6) is 23.0 Å². The molecule has 0 unspecified atom stereocenters. The van der Waals surface area contributed by atoms with Crippen molar-refractivity contribution in [2.45, 2.75) is 168 Å². The summed E-state index contributed by atoms with van der Waals surface area (Å²) in [5, 5.41) is 9.09. The topological polar surface area (TPSA) is 233 Å². The van der Waals surface area contributed by atoms with Crippen molar-refractivity contribution in [1.29, 1.82) is 0 Å². The first kappa shape index (κ1) is 117. The number of carbonyl (C=O) groups is 7. The van der Waals surface area contributed by atoms with E-state index < -0.39 is 197 Å². The Bertz CT molecular complexity index is 5080. The van der Waals surface area contributed by atoms with E-state index in [9.17, 15) is 104 Å². The molecular formula is C89H99Cl3F16I4N3O17Si-. The van der Waals surface area contributed by atoms with Gasteiger partial charge in [0, 0.05) is 20.5 Å². The van der Waals surface area contributed by atoms with Gasteiger partial charge in [0.25, 0.3) is 0 Å². The zero-order chi connectivity index (χ0) is 97.5. The van der Waals surface area contributed by atoms with E-state index in [4.69, 9.17) is 32.7 Å². The fraction of sp³-hybridized carbons (Fsp3) is 0.382. The Morgan fingerprint density at radius 1 is 0.436 bits per heavy atom. The molecule has 44 heteroatoms. The molecule has 3 aliphatic heterocycles. The molecule has 738 valence electrons. The number of ether oxygens (including phenoxy) is 6. The van der Waals surface area contributed by atoms with Crippen molar-refractivity contribution >= 4 is 151 Å². The second-order valence-electron chi connectivity index (χ2n) is 31.6.